The van der Waals surface area contributed by atoms with Crippen LogP contribution in [-0.2, 0) is 4.74 Å². The maximum atomic E-state index is 12.0. The number of hydrogen-bond acceptors (Lipinski definition) is 5. The molecule has 1 aromatic heterocycles. The molecule has 0 fully saturated rings. The van der Waals surface area contributed by atoms with Crippen LogP contribution >= 0.6 is 11.3 Å². The molecule has 1 rings (SSSR count). The third kappa shape index (κ3) is 4.44. The fourth-order valence-corrected chi connectivity index (χ4v) is 1.93. The number of rotatable bonds is 4. The third-order valence-electron chi connectivity index (χ3n) is 2.09. The van der Waals surface area contributed by atoms with Crippen LogP contribution in [0.5, 0.6) is 0 Å². The lowest BCUT2D eigenvalue weighted by atomic mass is 10.1. The number of nitrogens with zero attached hydrogens (tertiary/aromatic N) is 1. The predicted octanol–water partition coefficient (Wildman–Crippen LogP) is 2.63. The molecule has 0 saturated heterocycles. The van der Waals surface area contributed by atoms with Crippen molar-refractivity contribution in [1.29, 1.82) is 0 Å². The number of hydrogen-bond donors (Lipinski definition) is 1. The van der Waals surface area contributed by atoms with Crippen molar-refractivity contribution in [2.24, 2.45) is 0 Å². The van der Waals surface area contributed by atoms with Crippen LogP contribution in [0.2, 0.25) is 0 Å². The molecule has 1 atom stereocenters. The number of aromatic nitrogens is 1. The van der Waals surface area contributed by atoms with Crippen molar-refractivity contribution in [2.75, 3.05) is 0 Å². The molecule has 1 heterocycles. The molecule has 18 heavy (non-hydrogen) atoms. The number of Topliss-reactive ketones (excluding diaryl/α,β-unsaturated/α-hetero) is 1. The van der Waals surface area contributed by atoms with Gasteiger partial charge in [0.2, 0.25) is 0 Å². The van der Waals surface area contributed by atoms with E-state index in [-0.39, 0.29) is 5.78 Å². The molecule has 0 aromatic carbocycles. The molecule has 0 aliphatic carbocycles. The number of carbonyl (C=O) groups is 2. The van der Waals surface area contributed by atoms with Crippen LogP contribution in [-0.4, -0.2) is 28.5 Å². The molecule has 0 unspecified atom stereocenters. The first kappa shape index (κ1) is 14.6. The summed E-state index contributed by atoms with van der Waals surface area (Å²) in [7, 11) is 0. The average Bonchev–Trinajstić information content (AvgIpc) is 2.75. The Morgan fingerprint density at radius 3 is 2.61 bits per heavy atom. The van der Waals surface area contributed by atoms with Crippen LogP contribution < -0.4 is 5.32 Å². The summed E-state index contributed by atoms with van der Waals surface area (Å²) in [5, 5.41) is 2.58. The van der Waals surface area contributed by atoms with E-state index in [1.54, 1.807) is 26.3 Å². The topological polar surface area (TPSA) is 68.3 Å². The highest BCUT2D eigenvalue weighted by Gasteiger charge is 2.24. The van der Waals surface area contributed by atoms with Crippen molar-refractivity contribution >= 4 is 23.2 Å². The van der Waals surface area contributed by atoms with E-state index in [0.717, 1.165) is 0 Å². The fourth-order valence-electron chi connectivity index (χ4n) is 1.31. The molecular formula is C12H18N2O3S. The normalized spacial score (nSPS) is 12.9. The highest BCUT2D eigenvalue weighted by atomic mass is 32.1. The Morgan fingerprint density at radius 2 is 2.17 bits per heavy atom. The molecule has 1 N–H and O–H groups in total. The van der Waals surface area contributed by atoms with Crippen LogP contribution in [0.1, 0.15) is 43.8 Å². The van der Waals surface area contributed by atoms with Gasteiger partial charge in [-0.15, -0.1) is 11.3 Å². The Balaban J connectivity index is 2.63. The van der Waals surface area contributed by atoms with Gasteiger partial charge in [-0.25, -0.2) is 4.79 Å². The Bertz CT molecular complexity index is 409. The standard InChI is InChI=1S/C12H18N2O3S/c1-5-8(10(15)9-6-13-7-18-9)14-11(16)17-12(2,3)4/h6-8H,5H2,1-4H3,(H,14,16)/t8-/m0/s1. The zero-order chi connectivity index (χ0) is 13.8. The third-order valence-corrected chi connectivity index (χ3v) is 2.88. The number of carbonyl (C=O) groups excluding carboxylic acids is 2. The molecule has 0 aliphatic heterocycles. The summed E-state index contributed by atoms with van der Waals surface area (Å²) >= 11 is 1.26. The quantitative estimate of drug-likeness (QED) is 0.854. The number of alkyl carbamates (subject to hydrolysis) is 1. The van der Waals surface area contributed by atoms with Gasteiger partial charge in [-0.05, 0) is 27.2 Å². The summed E-state index contributed by atoms with van der Waals surface area (Å²) in [4.78, 5) is 28.0. The number of ether oxygens (including phenoxy) is 1. The Morgan fingerprint density at radius 1 is 1.50 bits per heavy atom. The maximum Gasteiger partial charge on any atom is 0.408 e. The van der Waals surface area contributed by atoms with Gasteiger partial charge >= 0.3 is 6.09 Å². The second kappa shape index (κ2) is 5.95. The van der Waals surface area contributed by atoms with E-state index in [1.807, 2.05) is 6.92 Å². The van der Waals surface area contributed by atoms with E-state index < -0.39 is 17.7 Å². The van der Waals surface area contributed by atoms with Crippen LogP contribution in [0.4, 0.5) is 4.79 Å². The lowest BCUT2D eigenvalue weighted by molar-refractivity contribution is 0.0490. The Kier molecular flexibility index (Phi) is 4.84. The van der Waals surface area contributed by atoms with Gasteiger partial charge in [0.05, 0.1) is 16.4 Å². The van der Waals surface area contributed by atoms with Crippen LogP contribution in [0.25, 0.3) is 0 Å². The fraction of sp³-hybridized carbons (Fsp3) is 0.583. The molecule has 0 bridgehead atoms. The zero-order valence-corrected chi connectivity index (χ0v) is 11.8. The highest BCUT2D eigenvalue weighted by Crippen LogP contribution is 2.12. The van der Waals surface area contributed by atoms with Crippen molar-refractivity contribution < 1.29 is 14.3 Å². The van der Waals surface area contributed by atoms with Crippen molar-refractivity contribution in [3.05, 3.63) is 16.6 Å². The zero-order valence-electron chi connectivity index (χ0n) is 11.0. The first-order valence-electron chi connectivity index (χ1n) is 5.75. The van der Waals surface area contributed by atoms with Gasteiger partial charge in [-0.3, -0.25) is 9.78 Å². The molecule has 6 heteroatoms. The van der Waals surface area contributed by atoms with E-state index >= 15 is 0 Å². The molecule has 0 spiro atoms. The SMILES string of the molecule is CC[C@H](NC(=O)OC(C)(C)C)C(=O)c1cncs1. The van der Waals surface area contributed by atoms with Gasteiger partial charge in [-0.2, -0.15) is 0 Å². The molecule has 0 saturated carbocycles. The van der Waals surface area contributed by atoms with Crippen molar-refractivity contribution in [2.45, 2.75) is 45.8 Å². The van der Waals surface area contributed by atoms with Crippen LogP contribution in [0, 0.1) is 0 Å². The lowest BCUT2D eigenvalue weighted by Gasteiger charge is -2.22. The number of ketones is 1. The van der Waals surface area contributed by atoms with Crippen molar-refractivity contribution in [3.8, 4) is 0 Å². The van der Waals surface area contributed by atoms with Gasteiger partial charge in [0.15, 0.2) is 5.78 Å². The number of thiazole rings is 1. The first-order valence-corrected chi connectivity index (χ1v) is 6.63. The summed E-state index contributed by atoms with van der Waals surface area (Å²) in [5.74, 6) is -0.133. The van der Waals surface area contributed by atoms with Gasteiger partial charge in [-0.1, -0.05) is 6.92 Å². The van der Waals surface area contributed by atoms with Crippen molar-refractivity contribution in [1.82, 2.24) is 10.3 Å². The Labute approximate surface area is 111 Å². The monoisotopic (exact) mass is 270 g/mol. The summed E-state index contributed by atoms with van der Waals surface area (Å²) in [6.45, 7) is 7.16. The second-order valence-electron chi connectivity index (χ2n) is 4.84. The van der Waals surface area contributed by atoms with E-state index in [9.17, 15) is 9.59 Å². The van der Waals surface area contributed by atoms with Gasteiger partial charge < -0.3 is 10.1 Å². The lowest BCUT2D eigenvalue weighted by Crippen LogP contribution is -2.42. The molecule has 0 aliphatic rings. The first-order chi connectivity index (χ1) is 8.33. The average molecular weight is 270 g/mol. The highest BCUT2D eigenvalue weighted by molar-refractivity contribution is 7.11. The van der Waals surface area contributed by atoms with E-state index in [0.29, 0.717) is 11.3 Å². The Hall–Kier alpha value is -1.43. The summed E-state index contributed by atoms with van der Waals surface area (Å²) < 4.78 is 5.12. The molecule has 1 aromatic rings. The van der Waals surface area contributed by atoms with E-state index in [1.165, 1.54) is 17.5 Å². The molecule has 100 valence electrons. The van der Waals surface area contributed by atoms with Crippen LogP contribution in [0.15, 0.2) is 11.7 Å². The minimum absolute atomic E-state index is 0.133. The molecule has 1 amide bonds. The smallest absolute Gasteiger partial charge is 0.408 e. The van der Waals surface area contributed by atoms with Crippen molar-refractivity contribution in [3.63, 3.8) is 0 Å². The summed E-state index contributed by atoms with van der Waals surface area (Å²) in [6, 6.07) is -0.569. The van der Waals surface area contributed by atoms with Gasteiger partial charge in [0.25, 0.3) is 0 Å². The summed E-state index contributed by atoms with van der Waals surface area (Å²) in [6.07, 6.45) is 1.44. The molecule has 0 radical (unpaired) electrons. The largest absolute Gasteiger partial charge is 0.444 e. The predicted molar refractivity (Wildman–Crippen MR) is 69.9 cm³/mol. The minimum Gasteiger partial charge on any atom is -0.444 e. The summed E-state index contributed by atoms with van der Waals surface area (Å²) in [5.41, 5.74) is 1.02. The maximum absolute atomic E-state index is 12.0. The van der Waals surface area contributed by atoms with Crippen LogP contribution in [0.3, 0.4) is 0 Å². The molecular weight excluding hydrogens is 252 g/mol. The second-order valence-corrected chi connectivity index (χ2v) is 5.72. The van der Waals surface area contributed by atoms with E-state index in [4.69, 9.17) is 4.74 Å². The molecule has 5 nitrogen and oxygen atoms in total. The minimum atomic E-state index is -0.577. The van der Waals surface area contributed by atoms with E-state index in [2.05, 4.69) is 10.3 Å². The van der Waals surface area contributed by atoms with Gasteiger partial charge in [0, 0.05) is 6.20 Å². The number of nitrogens with one attached hydrogen (secondary N) is 1. The van der Waals surface area contributed by atoms with Gasteiger partial charge in [0.1, 0.15) is 5.60 Å². The number of amides is 1.